The van der Waals surface area contributed by atoms with Crippen LogP contribution in [0.25, 0.3) is 28.0 Å². The van der Waals surface area contributed by atoms with Gasteiger partial charge in [-0.05, 0) is 31.7 Å². The van der Waals surface area contributed by atoms with Crippen molar-refractivity contribution in [1.82, 2.24) is 39.7 Å². The molecule has 7 rings (SSSR count). The number of pyridine rings is 1. The molecule has 42 heavy (non-hydrogen) atoms. The quantitative estimate of drug-likeness (QED) is 0.277. The van der Waals surface area contributed by atoms with Crippen molar-refractivity contribution in [2.75, 3.05) is 17.7 Å². The molecule has 2 saturated heterocycles. The number of fused-ring (bicyclic) bond motifs is 3. The third-order valence-electron chi connectivity index (χ3n) is 8.24. The number of benzene rings is 1. The maximum absolute atomic E-state index is 13.2. The minimum atomic E-state index is -3.76. The fourth-order valence-corrected chi connectivity index (χ4v) is 7.49. The zero-order valence-electron chi connectivity index (χ0n) is 22.7. The largest absolute Gasteiger partial charge is 0.382 e. The Hall–Kier alpha value is -4.85. The lowest BCUT2D eigenvalue weighted by Gasteiger charge is -2.38. The Morgan fingerprint density at radius 3 is 2.33 bits per heavy atom. The van der Waals surface area contributed by atoms with Crippen LogP contribution in [0.5, 0.6) is 0 Å². The van der Waals surface area contributed by atoms with E-state index in [-0.39, 0.29) is 46.4 Å². The van der Waals surface area contributed by atoms with Crippen LogP contribution in [-0.2, 0) is 9.84 Å². The summed E-state index contributed by atoms with van der Waals surface area (Å²) >= 11 is 0. The lowest BCUT2D eigenvalue weighted by Crippen LogP contribution is -2.46. The lowest BCUT2D eigenvalue weighted by atomic mass is 9.87. The first-order valence-electron chi connectivity index (χ1n) is 13.6. The fraction of sp³-hybridized carbons (Fsp3) is 0.286. The molecule has 0 saturated carbocycles. The number of anilines is 2. The van der Waals surface area contributed by atoms with Crippen LogP contribution in [0.3, 0.4) is 0 Å². The highest BCUT2D eigenvalue weighted by Gasteiger charge is 2.46. The third-order valence-corrected chi connectivity index (χ3v) is 9.40. The molecule has 0 spiro atoms. The highest BCUT2D eigenvalue weighted by molar-refractivity contribution is 7.91. The van der Waals surface area contributed by atoms with Gasteiger partial charge in [0.2, 0.25) is 11.8 Å². The SMILES string of the molecule is CS(=O)(=O)c1c([C@@H]2C[C@H]3CC[C@@H](C2)N3C(=O)c2nc(N)n[nH]2)nc2c(-c3ccc(-c4ccccc4)nc3)cnn2c1N. The second-order valence-corrected chi connectivity index (χ2v) is 12.8. The highest BCUT2D eigenvalue weighted by atomic mass is 32.2. The molecule has 3 atom stereocenters. The smallest absolute Gasteiger partial charge is 0.291 e. The molecule has 5 aromatic rings. The standard InChI is InChI=1S/C28H28N10O3S/c1-42(40,41)23-22(17-11-18-8-9-19(12-17)37(18)27(39)25-34-28(30)36-35-25)33-26-20(14-32-38(26)24(23)29)16-7-10-21(31-13-16)15-5-3-2-4-6-15/h2-7,10,13-14,17-19H,8-9,11-12,29H2,1H3,(H3,30,34,35,36)/t17-,18-,19+. The minimum Gasteiger partial charge on any atom is -0.382 e. The van der Waals surface area contributed by atoms with Gasteiger partial charge < -0.3 is 16.4 Å². The van der Waals surface area contributed by atoms with Gasteiger partial charge in [0.1, 0.15) is 10.7 Å². The molecule has 2 aliphatic rings. The summed E-state index contributed by atoms with van der Waals surface area (Å²) in [6, 6.07) is 13.5. The van der Waals surface area contributed by atoms with E-state index in [4.69, 9.17) is 16.5 Å². The van der Waals surface area contributed by atoms with Gasteiger partial charge in [0, 0.05) is 47.1 Å². The number of nitrogens with one attached hydrogen (secondary N) is 1. The van der Waals surface area contributed by atoms with Crippen molar-refractivity contribution in [2.24, 2.45) is 0 Å². The van der Waals surface area contributed by atoms with Crippen molar-refractivity contribution in [3.8, 4) is 22.4 Å². The van der Waals surface area contributed by atoms with Gasteiger partial charge in [-0.3, -0.25) is 14.9 Å². The van der Waals surface area contributed by atoms with Gasteiger partial charge in [-0.25, -0.2) is 13.4 Å². The second kappa shape index (κ2) is 9.62. The molecule has 0 radical (unpaired) electrons. The summed E-state index contributed by atoms with van der Waals surface area (Å²) in [6.45, 7) is 0. The molecule has 6 heterocycles. The molecular weight excluding hydrogens is 556 g/mol. The molecule has 13 nitrogen and oxygen atoms in total. The van der Waals surface area contributed by atoms with Gasteiger partial charge in [-0.2, -0.15) is 14.6 Å². The summed E-state index contributed by atoms with van der Waals surface area (Å²) in [5.41, 5.74) is 16.3. The van der Waals surface area contributed by atoms with E-state index in [0.717, 1.165) is 35.9 Å². The number of aromatic amines is 1. The molecular formula is C28H28N10O3S. The maximum atomic E-state index is 13.2. The van der Waals surface area contributed by atoms with Crippen LogP contribution in [0.4, 0.5) is 11.8 Å². The van der Waals surface area contributed by atoms with Gasteiger partial charge in [0.25, 0.3) is 5.91 Å². The van der Waals surface area contributed by atoms with E-state index in [1.807, 2.05) is 47.4 Å². The van der Waals surface area contributed by atoms with Crippen LogP contribution in [0.15, 0.2) is 59.8 Å². The number of hydrogen-bond donors (Lipinski definition) is 3. The summed E-state index contributed by atoms with van der Waals surface area (Å²) in [6.07, 6.45) is 7.17. The molecule has 1 amide bonds. The summed E-state index contributed by atoms with van der Waals surface area (Å²) in [4.78, 5) is 28.6. The molecule has 0 aliphatic carbocycles. The van der Waals surface area contributed by atoms with Crippen molar-refractivity contribution >= 4 is 33.2 Å². The number of carbonyl (C=O) groups is 1. The van der Waals surface area contributed by atoms with E-state index < -0.39 is 9.84 Å². The van der Waals surface area contributed by atoms with Crippen LogP contribution in [0.1, 0.15) is 47.9 Å². The Balaban J connectivity index is 1.27. The van der Waals surface area contributed by atoms with Gasteiger partial charge in [-0.1, -0.05) is 36.4 Å². The van der Waals surface area contributed by atoms with E-state index >= 15 is 0 Å². The normalized spacial score (nSPS) is 20.3. The molecule has 5 N–H and O–H groups in total. The van der Waals surface area contributed by atoms with Crippen LogP contribution >= 0.6 is 0 Å². The number of nitrogens with zero attached hydrogens (tertiary/aromatic N) is 7. The van der Waals surface area contributed by atoms with E-state index in [1.165, 1.54) is 4.52 Å². The van der Waals surface area contributed by atoms with Gasteiger partial charge >= 0.3 is 0 Å². The number of nitrogen functional groups attached to an aromatic ring is 2. The first-order valence-corrected chi connectivity index (χ1v) is 15.5. The van der Waals surface area contributed by atoms with Crippen molar-refractivity contribution in [3.63, 3.8) is 0 Å². The Bertz CT molecular complexity index is 1920. The highest BCUT2D eigenvalue weighted by Crippen LogP contribution is 2.45. The van der Waals surface area contributed by atoms with E-state index in [0.29, 0.717) is 29.7 Å². The maximum Gasteiger partial charge on any atom is 0.291 e. The van der Waals surface area contributed by atoms with Crippen molar-refractivity contribution in [1.29, 1.82) is 0 Å². The summed E-state index contributed by atoms with van der Waals surface area (Å²) < 4.78 is 27.5. The molecule has 1 aromatic carbocycles. The first kappa shape index (κ1) is 26.1. The third kappa shape index (κ3) is 4.26. The first-order chi connectivity index (χ1) is 20.2. The van der Waals surface area contributed by atoms with Gasteiger partial charge in [-0.15, -0.1) is 5.10 Å². The Morgan fingerprint density at radius 2 is 1.71 bits per heavy atom. The average molecular weight is 585 g/mol. The summed E-state index contributed by atoms with van der Waals surface area (Å²) in [5.74, 6) is -0.377. The summed E-state index contributed by atoms with van der Waals surface area (Å²) in [5, 5.41) is 10.8. The van der Waals surface area contributed by atoms with Crippen molar-refractivity contribution < 1.29 is 13.2 Å². The number of carbonyl (C=O) groups excluding carboxylic acids is 1. The van der Waals surface area contributed by atoms with E-state index in [2.05, 4.69) is 25.3 Å². The average Bonchev–Trinajstić information content (AvgIpc) is 3.68. The van der Waals surface area contributed by atoms with Crippen LogP contribution in [-0.4, -0.2) is 72.3 Å². The molecule has 14 heteroatoms. The molecule has 4 aromatic heterocycles. The van der Waals surface area contributed by atoms with E-state index in [9.17, 15) is 13.2 Å². The van der Waals surface area contributed by atoms with Gasteiger partial charge in [0.15, 0.2) is 15.5 Å². The number of amides is 1. The number of piperidine rings is 1. The lowest BCUT2D eigenvalue weighted by molar-refractivity contribution is 0.0556. The Kier molecular flexibility index (Phi) is 5.97. The number of rotatable bonds is 5. The molecule has 0 unspecified atom stereocenters. The minimum absolute atomic E-state index is 0.00729. The topological polar surface area (TPSA) is 191 Å². The summed E-state index contributed by atoms with van der Waals surface area (Å²) in [7, 11) is -3.76. The number of nitrogens with two attached hydrogens (primary N) is 2. The predicted molar refractivity (Wildman–Crippen MR) is 155 cm³/mol. The zero-order valence-corrected chi connectivity index (χ0v) is 23.5. The second-order valence-electron chi connectivity index (χ2n) is 10.9. The van der Waals surface area contributed by atoms with Crippen molar-refractivity contribution in [2.45, 2.75) is 48.6 Å². The predicted octanol–water partition coefficient (Wildman–Crippen LogP) is 2.70. The fourth-order valence-electron chi connectivity index (χ4n) is 6.44. The molecule has 2 bridgehead atoms. The number of aromatic nitrogens is 7. The Labute approximate surface area is 240 Å². The van der Waals surface area contributed by atoms with Crippen LogP contribution in [0, 0.1) is 0 Å². The number of sulfone groups is 1. The van der Waals surface area contributed by atoms with Crippen molar-refractivity contribution in [3.05, 3.63) is 66.4 Å². The molecule has 2 fully saturated rings. The van der Waals surface area contributed by atoms with Crippen LogP contribution in [0.2, 0.25) is 0 Å². The zero-order chi connectivity index (χ0) is 29.2. The van der Waals surface area contributed by atoms with Gasteiger partial charge in [0.05, 0.1) is 17.6 Å². The monoisotopic (exact) mass is 584 g/mol. The number of hydrogen-bond acceptors (Lipinski definition) is 10. The Morgan fingerprint density at radius 1 is 0.976 bits per heavy atom. The number of H-pyrrole nitrogens is 1. The van der Waals surface area contributed by atoms with Crippen LogP contribution < -0.4 is 11.5 Å². The van der Waals surface area contributed by atoms with E-state index in [1.54, 1.807) is 12.4 Å². The molecule has 2 aliphatic heterocycles. The molecule has 214 valence electrons.